The van der Waals surface area contributed by atoms with Crippen LogP contribution in [-0.2, 0) is 0 Å². The molecule has 0 aliphatic heterocycles. The first kappa shape index (κ1) is 16.3. The van der Waals surface area contributed by atoms with Crippen LogP contribution in [0.15, 0.2) is 24.3 Å². The second-order valence-electron chi connectivity index (χ2n) is 4.45. The van der Waals surface area contributed by atoms with Gasteiger partial charge in [0, 0.05) is 13.2 Å². The van der Waals surface area contributed by atoms with Gasteiger partial charge in [0.25, 0.3) is 0 Å². The minimum Gasteiger partial charge on any atom is -0.492 e. The van der Waals surface area contributed by atoms with E-state index >= 15 is 0 Å². The number of nitrogens with one attached hydrogen (secondary N) is 2. The average molecular weight is 280 g/mol. The van der Waals surface area contributed by atoms with Gasteiger partial charge in [0.15, 0.2) is 0 Å². The Balaban J connectivity index is 2.28. The number of carbonyl (C=O) groups is 1. The molecule has 1 aromatic rings. The lowest BCUT2D eigenvalue weighted by molar-refractivity contribution is 0.251. The smallest absolute Gasteiger partial charge is 0.319 e. The number of aliphatic hydroxyl groups is 1. The van der Waals surface area contributed by atoms with Crippen molar-refractivity contribution in [3.8, 4) is 5.75 Å². The molecule has 0 fully saturated rings. The lowest BCUT2D eigenvalue weighted by atomic mass is 10.2. The highest BCUT2D eigenvalue weighted by Crippen LogP contribution is 2.23. The Morgan fingerprint density at radius 1 is 1.20 bits per heavy atom. The Hall–Kier alpha value is -1.75. The van der Waals surface area contributed by atoms with Crippen LogP contribution in [-0.4, -0.2) is 30.9 Å². The molecule has 0 aromatic heterocycles. The van der Waals surface area contributed by atoms with E-state index in [9.17, 15) is 4.79 Å². The molecule has 0 atom stereocenters. The number of hydrogen-bond acceptors (Lipinski definition) is 3. The number of carbonyl (C=O) groups excluding carboxylic acids is 1. The second kappa shape index (κ2) is 10.1. The number of urea groups is 1. The fourth-order valence-electron chi connectivity index (χ4n) is 1.81. The Morgan fingerprint density at radius 3 is 2.70 bits per heavy atom. The van der Waals surface area contributed by atoms with Crippen molar-refractivity contribution in [1.29, 1.82) is 0 Å². The first-order chi connectivity index (χ1) is 9.77. The summed E-state index contributed by atoms with van der Waals surface area (Å²) in [5.74, 6) is 0.674. The number of rotatable bonds is 9. The summed E-state index contributed by atoms with van der Waals surface area (Å²) in [6.45, 7) is 3.34. The zero-order valence-corrected chi connectivity index (χ0v) is 12.0. The summed E-state index contributed by atoms with van der Waals surface area (Å²) in [5, 5.41) is 14.2. The third kappa shape index (κ3) is 6.43. The molecule has 5 heteroatoms. The maximum absolute atomic E-state index is 11.7. The van der Waals surface area contributed by atoms with Crippen molar-refractivity contribution < 1.29 is 14.6 Å². The van der Waals surface area contributed by atoms with Crippen molar-refractivity contribution in [1.82, 2.24) is 5.32 Å². The first-order valence-corrected chi connectivity index (χ1v) is 7.15. The second-order valence-corrected chi connectivity index (χ2v) is 4.45. The maximum atomic E-state index is 11.7. The van der Waals surface area contributed by atoms with Crippen molar-refractivity contribution >= 4 is 11.7 Å². The van der Waals surface area contributed by atoms with Gasteiger partial charge < -0.3 is 20.5 Å². The SMILES string of the molecule is CCOc1ccccc1NC(=O)NCCCCCCO. The summed E-state index contributed by atoms with van der Waals surface area (Å²) in [5.41, 5.74) is 0.673. The molecule has 0 saturated heterocycles. The summed E-state index contributed by atoms with van der Waals surface area (Å²) in [6, 6.07) is 7.14. The number of aliphatic hydroxyl groups excluding tert-OH is 1. The molecular weight excluding hydrogens is 256 g/mol. The molecule has 0 heterocycles. The molecule has 0 aliphatic rings. The lowest BCUT2D eigenvalue weighted by Gasteiger charge is -2.12. The lowest BCUT2D eigenvalue weighted by Crippen LogP contribution is -2.29. The maximum Gasteiger partial charge on any atom is 0.319 e. The van der Waals surface area contributed by atoms with Gasteiger partial charge in [-0.25, -0.2) is 4.79 Å². The van der Waals surface area contributed by atoms with Gasteiger partial charge in [0.2, 0.25) is 0 Å². The molecule has 1 aromatic carbocycles. The molecule has 0 unspecified atom stereocenters. The third-order valence-electron chi connectivity index (χ3n) is 2.81. The van der Waals surface area contributed by atoms with Crippen molar-refractivity contribution in [2.45, 2.75) is 32.6 Å². The number of hydrogen-bond donors (Lipinski definition) is 3. The van der Waals surface area contributed by atoms with Crippen LogP contribution in [0.25, 0.3) is 0 Å². The van der Waals surface area contributed by atoms with Crippen LogP contribution in [0.5, 0.6) is 5.75 Å². The predicted octanol–water partition coefficient (Wildman–Crippen LogP) is 2.76. The van der Waals surface area contributed by atoms with E-state index in [0.29, 0.717) is 24.6 Å². The van der Waals surface area contributed by atoms with Crippen LogP contribution in [0, 0.1) is 0 Å². The summed E-state index contributed by atoms with van der Waals surface area (Å²) in [4.78, 5) is 11.7. The molecule has 5 nitrogen and oxygen atoms in total. The zero-order chi connectivity index (χ0) is 14.6. The highest BCUT2D eigenvalue weighted by atomic mass is 16.5. The zero-order valence-electron chi connectivity index (χ0n) is 12.0. The fourth-order valence-corrected chi connectivity index (χ4v) is 1.81. The summed E-state index contributed by atoms with van der Waals surface area (Å²) in [6.07, 6.45) is 3.75. The van der Waals surface area contributed by atoms with Gasteiger partial charge in [0.1, 0.15) is 5.75 Å². The molecule has 20 heavy (non-hydrogen) atoms. The van der Waals surface area contributed by atoms with Gasteiger partial charge in [-0.2, -0.15) is 0 Å². The van der Waals surface area contributed by atoms with Crippen LogP contribution < -0.4 is 15.4 Å². The van der Waals surface area contributed by atoms with Crippen LogP contribution in [0.4, 0.5) is 10.5 Å². The minimum atomic E-state index is -0.223. The first-order valence-electron chi connectivity index (χ1n) is 7.15. The number of amides is 2. The summed E-state index contributed by atoms with van der Waals surface area (Å²) >= 11 is 0. The van der Waals surface area contributed by atoms with Crippen molar-refractivity contribution in [3.63, 3.8) is 0 Å². The fraction of sp³-hybridized carbons (Fsp3) is 0.533. The number of anilines is 1. The number of ether oxygens (including phenoxy) is 1. The molecule has 2 amide bonds. The quantitative estimate of drug-likeness (QED) is 0.609. The molecule has 112 valence electrons. The van der Waals surface area contributed by atoms with E-state index in [2.05, 4.69) is 10.6 Å². The molecule has 0 bridgehead atoms. The normalized spacial score (nSPS) is 10.1. The number of unbranched alkanes of at least 4 members (excludes halogenated alkanes) is 3. The molecule has 1 rings (SSSR count). The largest absolute Gasteiger partial charge is 0.492 e. The van der Waals surface area contributed by atoms with Gasteiger partial charge in [-0.3, -0.25) is 0 Å². The third-order valence-corrected chi connectivity index (χ3v) is 2.81. The number of benzene rings is 1. The molecule has 3 N–H and O–H groups in total. The van der Waals surface area contributed by atoms with Crippen molar-refractivity contribution in [3.05, 3.63) is 24.3 Å². The van der Waals surface area contributed by atoms with Gasteiger partial charge in [-0.1, -0.05) is 25.0 Å². The van der Waals surface area contributed by atoms with E-state index < -0.39 is 0 Å². The average Bonchev–Trinajstić information content (AvgIpc) is 2.45. The highest BCUT2D eigenvalue weighted by Gasteiger charge is 2.06. The van der Waals surface area contributed by atoms with Crippen LogP contribution in [0.3, 0.4) is 0 Å². The molecule has 0 saturated carbocycles. The van der Waals surface area contributed by atoms with E-state index in [1.807, 2.05) is 31.2 Å². The van der Waals surface area contributed by atoms with Crippen LogP contribution in [0.1, 0.15) is 32.6 Å². The standard InChI is InChI=1S/C15H24N2O3/c1-2-20-14-10-6-5-9-13(14)17-15(19)16-11-7-3-4-8-12-18/h5-6,9-10,18H,2-4,7-8,11-12H2,1H3,(H2,16,17,19). The minimum absolute atomic E-state index is 0.223. The Morgan fingerprint density at radius 2 is 1.95 bits per heavy atom. The van der Waals surface area contributed by atoms with E-state index in [0.717, 1.165) is 25.7 Å². The van der Waals surface area contributed by atoms with E-state index in [1.54, 1.807) is 0 Å². The van der Waals surface area contributed by atoms with Crippen LogP contribution >= 0.6 is 0 Å². The highest BCUT2D eigenvalue weighted by molar-refractivity contribution is 5.90. The monoisotopic (exact) mass is 280 g/mol. The van der Waals surface area contributed by atoms with Crippen molar-refractivity contribution in [2.75, 3.05) is 25.1 Å². The Labute approximate surface area is 120 Å². The Bertz CT molecular complexity index is 396. The van der Waals surface area contributed by atoms with Gasteiger partial charge in [-0.05, 0) is 31.9 Å². The van der Waals surface area contributed by atoms with Crippen LogP contribution in [0.2, 0.25) is 0 Å². The van der Waals surface area contributed by atoms with E-state index in [4.69, 9.17) is 9.84 Å². The molecule has 0 aliphatic carbocycles. The Kier molecular flexibility index (Phi) is 8.22. The van der Waals surface area contributed by atoms with Gasteiger partial charge >= 0.3 is 6.03 Å². The number of para-hydroxylation sites is 2. The summed E-state index contributed by atoms with van der Waals surface area (Å²) in [7, 11) is 0. The topological polar surface area (TPSA) is 70.6 Å². The van der Waals surface area contributed by atoms with Gasteiger partial charge in [-0.15, -0.1) is 0 Å². The van der Waals surface area contributed by atoms with E-state index in [1.165, 1.54) is 0 Å². The molecule has 0 radical (unpaired) electrons. The van der Waals surface area contributed by atoms with Crippen molar-refractivity contribution in [2.24, 2.45) is 0 Å². The van der Waals surface area contributed by atoms with Gasteiger partial charge in [0.05, 0.1) is 12.3 Å². The summed E-state index contributed by atoms with van der Waals surface area (Å²) < 4.78 is 5.44. The van der Waals surface area contributed by atoms with E-state index in [-0.39, 0.29) is 12.6 Å². The molecular formula is C15H24N2O3. The predicted molar refractivity (Wildman–Crippen MR) is 80.2 cm³/mol. The molecule has 0 spiro atoms.